The molecule has 3 aromatic carbocycles. The van der Waals surface area contributed by atoms with Gasteiger partial charge >= 0.3 is 6.18 Å². The van der Waals surface area contributed by atoms with Crippen LogP contribution in [0.2, 0.25) is 0 Å². The maximum Gasteiger partial charge on any atom is 0.422 e. The SMILES string of the molecule is C[C@H](Cc1cc(C#N)c2[nH]c(CCCO)cc2c1)N[C@H](CCc1ccccc1)COc1ccccc1OCC(F)(F)F. The number of hydrogen-bond acceptors (Lipinski definition) is 5. The Labute approximate surface area is 244 Å². The summed E-state index contributed by atoms with van der Waals surface area (Å²) in [5.74, 6) is 0.307. The predicted molar refractivity (Wildman–Crippen MR) is 157 cm³/mol. The van der Waals surface area contributed by atoms with E-state index in [4.69, 9.17) is 14.6 Å². The number of aromatic amines is 1. The minimum atomic E-state index is -4.45. The number of nitriles is 1. The summed E-state index contributed by atoms with van der Waals surface area (Å²) in [5, 5.41) is 23.5. The van der Waals surface area contributed by atoms with Crippen molar-refractivity contribution in [1.82, 2.24) is 10.3 Å². The molecule has 1 heterocycles. The molecule has 0 aliphatic rings. The number of fused-ring (bicyclic) bond motifs is 1. The molecule has 3 N–H and O–H groups in total. The molecule has 6 nitrogen and oxygen atoms in total. The van der Waals surface area contributed by atoms with E-state index in [2.05, 4.69) is 41.5 Å². The molecular weight excluding hydrogens is 543 g/mol. The summed E-state index contributed by atoms with van der Waals surface area (Å²) >= 11 is 0. The van der Waals surface area contributed by atoms with E-state index in [1.165, 1.54) is 11.6 Å². The van der Waals surface area contributed by atoms with Crippen molar-refractivity contribution in [3.63, 3.8) is 0 Å². The Hall–Kier alpha value is -4.00. The number of aliphatic hydroxyl groups is 1. The molecule has 0 bridgehead atoms. The van der Waals surface area contributed by atoms with Crippen LogP contribution in [0.3, 0.4) is 0 Å². The van der Waals surface area contributed by atoms with Gasteiger partial charge < -0.3 is 24.9 Å². The van der Waals surface area contributed by atoms with Gasteiger partial charge in [-0.05, 0) is 80.5 Å². The number of ether oxygens (including phenoxy) is 2. The van der Waals surface area contributed by atoms with E-state index in [1.807, 2.05) is 30.3 Å². The van der Waals surface area contributed by atoms with Crippen LogP contribution >= 0.6 is 0 Å². The third-order valence-corrected chi connectivity index (χ3v) is 6.94. The maximum atomic E-state index is 12.8. The van der Waals surface area contributed by atoms with Gasteiger partial charge in [0.05, 0.1) is 11.1 Å². The molecule has 222 valence electrons. The fourth-order valence-corrected chi connectivity index (χ4v) is 5.03. The van der Waals surface area contributed by atoms with Crippen molar-refractivity contribution < 1.29 is 27.8 Å². The summed E-state index contributed by atoms with van der Waals surface area (Å²) in [4.78, 5) is 3.31. The average molecular weight is 580 g/mol. The zero-order valence-electron chi connectivity index (χ0n) is 23.6. The van der Waals surface area contributed by atoms with Gasteiger partial charge in [0.15, 0.2) is 18.1 Å². The van der Waals surface area contributed by atoms with Gasteiger partial charge in [-0.2, -0.15) is 18.4 Å². The number of alkyl halides is 3. The minimum absolute atomic E-state index is 0.0166. The second-order valence-electron chi connectivity index (χ2n) is 10.5. The minimum Gasteiger partial charge on any atom is -0.488 e. The van der Waals surface area contributed by atoms with Gasteiger partial charge in [0.2, 0.25) is 0 Å². The Morgan fingerprint density at radius 3 is 2.36 bits per heavy atom. The largest absolute Gasteiger partial charge is 0.488 e. The highest BCUT2D eigenvalue weighted by molar-refractivity contribution is 5.86. The predicted octanol–water partition coefficient (Wildman–Crippen LogP) is 6.51. The van der Waals surface area contributed by atoms with Gasteiger partial charge in [-0.3, -0.25) is 0 Å². The molecule has 0 spiro atoms. The molecule has 0 amide bonds. The summed E-state index contributed by atoms with van der Waals surface area (Å²) in [5.41, 5.74) is 4.55. The third kappa shape index (κ3) is 9.26. The summed E-state index contributed by atoms with van der Waals surface area (Å²) in [6, 6.07) is 24.7. The fourth-order valence-electron chi connectivity index (χ4n) is 5.03. The lowest BCUT2D eigenvalue weighted by Crippen LogP contribution is -2.42. The van der Waals surface area contributed by atoms with E-state index < -0.39 is 12.8 Å². The zero-order valence-corrected chi connectivity index (χ0v) is 23.6. The molecule has 0 aliphatic carbocycles. The van der Waals surface area contributed by atoms with Crippen LogP contribution in [0.4, 0.5) is 13.2 Å². The smallest absolute Gasteiger partial charge is 0.422 e. The Kier molecular flexibility index (Phi) is 10.9. The number of aryl methyl sites for hydroxylation is 2. The van der Waals surface area contributed by atoms with Crippen molar-refractivity contribution in [1.29, 1.82) is 5.26 Å². The molecule has 0 radical (unpaired) electrons. The van der Waals surface area contributed by atoms with Gasteiger partial charge in [0.25, 0.3) is 0 Å². The number of nitrogens with zero attached hydrogens (tertiary/aromatic N) is 1. The molecule has 0 fully saturated rings. The monoisotopic (exact) mass is 579 g/mol. The second kappa shape index (κ2) is 14.8. The summed E-state index contributed by atoms with van der Waals surface area (Å²) in [6.45, 7) is 1.02. The van der Waals surface area contributed by atoms with Crippen molar-refractivity contribution in [2.75, 3.05) is 19.8 Å². The molecule has 1 aromatic heterocycles. The van der Waals surface area contributed by atoms with Gasteiger partial charge in [0, 0.05) is 29.8 Å². The topological polar surface area (TPSA) is 90.3 Å². The van der Waals surface area contributed by atoms with Crippen LogP contribution in [-0.4, -0.2) is 48.2 Å². The first-order valence-electron chi connectivity index (χ1n) is 14.1. The number of hydrogen-bond donors (Lipinski definition) is 3. The number of para-hydroxylation sites is 2. The highest BCUT2D eigenvalue weighted by Gasteiger charge is 2.29. The lowest BCUT2D eigenvalue weighted by Gasteiger charge is -2.25. The first-order valence-corrected chi connectivity index (χ1v) is 14.1. The first-order chi connectivity index (χ1) is 20.2. The van der Waals surface area contributed by atoms with Crippen molar-refractivity contribution in [2.24, 2.45) is 0 Å². The molecule has 0 saturated carbocycles. The molecular formula is C33H36F3N3O3. The molecule has 9 heteroatoms. The zero-order chi connectivity index (χ0) is 30.0. The van der Waals surface area contributed by atoms with Crippen molar-refractivity contribution >= 4 is 10.9 Å². The molecule has 4 aromatic rings. The molecule has 0 unspecified atom stereocenters. The van der Waals surface area contributed by atoms with E-state index >= 15 is 0 Å². The lowest BCUT2D eigenvalue weighted by molar-refractivity contribution is -0.153. The summed E-state index contributed by atoms with van der Waals surface area (Å²) in [6.07, 6.45) is -0.891. The molecule has 2 atom stereocenters. The van der Waals surface area contributed by atoms with Crippen LogP contribution in [0, 0.1) is 11.3 Å². The molecule has 0 saturated heterocycles. The van der Waals surface area contributed by atoms with Gasteiger partial charge in [-0.15, -0.1) is 0 Å². The highest BCUT2D eigenvalue weighted by Crippen LogP contribution is 2.29. The highest BCUT2D eigenvalue weighted by atomic mass is 19.4. The summed E-state index contributed by atoms with van der Waals surface area (Å²) < 4.78 is 49.3. The number of aromatic nitrogens is 1. The average Bonchev–Trinajstić information content (AvgIpc) is 3.39. The Bertz CT molecular complexity index is 1460. The van der Waals surface area contributed by atoms with Crippen LogP contribution < -0.4 is 14.8 Å². The Morgan fingerprint density at radius 2 is 1.67 bits per heavy atom. The van der Waals surface area contributed by atoms with Crippen LogP contribution in [0.15, 0.2) is 72.8 Å². The Morgan fingerprint density at radius 1 is 0.952 bits per heavy atom. The number of H-pyrrole nitrogens is 1. The number of halogens is 3. The van der Waals surface area contributed by atoms with E-state index in [1.54, 1.807) is 18.2 Å². The molecule has 42 heavy (non-hydrogen) atoms. The van der Waals surface area contributed by atoms with Crippen molar-refractivity contribution in [3.05, 3.63) is 95.2 Å². The molecule has 0 aliphatic heterocycles. The van der Waals surface area contributed by atoms with E-state index in [-0.39, 0.29) is 36.8 Å². The van der Waals surface area contributed by atoms with Crippen molar-refractivity contribution in [3.8, 4) is 17.6 Å². The number of rotatable bonds is 15. The van der Waals surface area contributed by atoms with Gasteiger partial charge in [-0.25, -0.2) is 0 Å². The second-order valence-corrected chi connectivity index (χ2v) is 10.5. The fraction of sp³-hybridized carbons (Fsp3) is 0.364. The van der Waals surface area contributed by atoms with Crippen LogP contribution in [-0.2, 0) is 19.3 Å². The number of nitrogens with one attached hydrogen (secondary N) is 2. The lowest BCUT2D eigenvalue weighted by atomic mass is 10.00. The first kappa shape index (κ1) is 30.9. The molecule has 4 rings (SSSR count). The quantitative estimate of drug-likeness (QED) is 0.150. The van der Waals surface area contributed by atoms with E-state index in [0.717, 1.165) is 35.0 Å². The van der Waals surface area contributed by atoms with Crippen LogP contribution in [0.5, 0.6) is 11.5 Å². The third-order valence-electron chi connectivity index (χ3n) is 6.94. The van der Waals surface area contributed by atoms with Gasteiger partial charge in [0.1, 0.15) is 12.7 Å². The maximum absolute atomic E-state index is 12.8. The van der Waals surface area contributed by atoms with Crippen LogP contribution in [0.25, 0.3) is 10.9 Å². The number of benzene rings is 3. The van der Waals surface area contributed by atoms with Crippen LogP contribution in [0.1, 0.15) is 42.1 Å². The number of aliphatic hydroxyl groups excluding tert-OH is 1. The van der Waals surface area contributed by atoms with E-state index in [9.17, 15) is 18.4 Å². The normalized spacial score (nSPS) is 13.0. The van der Waals surface area contributed by atoms with Crippen molar-refractivity contribution in [2.45, 2.75) is 57.3 Å². The Balaban J connectivity index is 1.46. The standard InChI is InChI=1S/C33H36F3N3O3/c1-23(16-25-17-26-19-28(10-7-15-40)39-32(26)27(18-25)20-37)38-29(14-13-24-8-3-2-4-9-24)21-41-30-11-5-6-12-31(30)42-22-33(34,35)36/h2-6,8-9,11-12,17-19,23,29,38-40H,7,10,13-16,21-22H2,1H3/t23-,29-/m1/s1. The summed E-state index contributed by atoms with van der Waals surface area (Å²) in [7, 11) is 0. The van der Waals surface area contributed by atoms with Gasteiger partial charge in [-0.1, -0.05) is 42.5 Å². The van der Waals surface area contributed by atoms with E-state index in [0.29, 0.717) is 24.8 Å².